The van der Waals surface area contributed by atoms with Crippen LogP contribution in [0.5, 0.6) is 11.5 Å². The van der Waals surface area contributed by atoms with E-state index >= 15 is 0 Å². The SMILES string of the molecule is CCOc1ccc(OC)cc1C1(O)C(N)=Nc2ccccc21. The van der Waals surface area contributed by atoms with Crippen molar-refractivity contribution in [3.05, 3.63) is 53.6 Å². The van der Waals surface area contributed by atoms with Gasteiger partial charge in [-0.3, -0.25) is 0 Å². The van der Waals surface area contributed by atoms with Gasteiger partial charge in [0.15, 0.2) is 5.60 Å². The van der Waals surface area contributed by atoms with Gasteiger partial charge >= 0.3 is 0 Å². The van der Waals surface area contributed by atoms with Crippen LogP contribution in [0.15, 0.2) is 47.5 Å². The van der Waals surface area contributed by atoms with Crippen LogP contribution in [0.2, 0.25) is 0 Å². The normalized spacial score (nSPS) is 19.5. The maximum atomic E-state index is 11.3. The van der Waals surface area contributed by atoms with E-state index in [4.69, 9.17) is 15.2 Å². The summed E-state index contributed by atoms with van der Waals surface area (Å²) >= 11 is 0. The van der Waals surface area contributed by atoms with Crippen LogP contribution in [0.4, 0.5) is 5.69 Å². The molecule has 1 atom stereocenters. The summed E-state index contributed by atoms with van der Waals surface area (Å²) in [6, 6.07) is 12.6. The third kappa shape index (κ3) is 2.02. The molecule has 0 saturated heterocycles. The summed E-state index contributed by atoms with van der Waals surface area (Å²) in [6.07, 6.45) is 0. The number of rotatable bonds is 4. The molecule has 0 bridgehead atoms. The zero-order valence-electron chi connectivity index (χ0n) is 12.5. The number of aliphatic imine (C=N–C) groups is 1. The first-order valence-electron chi connectivity index (χ1n) is 7.09. The van der Waals surface area contributed by atoms with Crippen LogP contribution < -0.4 is 15.2 Å². The number of aliphatic hydroxyl groups is 1. The summed E-state index contributed by atoms with van der Waals surface area (Å²) < 4.78 is 10.9. The Morgan fingerprint density at radius 3 is 2.68 bits per heavy atom. The van der Waals surface area contributed by atoms with Crippen LogP contribution in [0.1, 0.15) is 18.1 Å². The van der Waals surface area contributed by atoms with Crippen LogP contribution in [0.3, 0.4) is 0 Å². The second-order valence-electron chi connectivity index (χ2n) is 5.02. The molecule has 22 heavy (non-hydrogen) atoms. The van der Waals surface area contributed by atoms with Gasteiger partial charge in [0.2, 0.25) is 0 Å². The Morgan fingerprint density at radius 1 is 1.18 bits per heavy atom. The second-order valence-corrected chi connectivity index (χ2v) is 5.02. The van der Waals surface area contributed by atoms with Gasteiger partial charge in [-0.05, 0) is 31.2 Å². The van der Waals surface area contributed by atoms with Gasteiger partial charge in [-0.2, -0.15) is 0 Å². The van der Waals surface area contributed by atoms with Crippen LogP contribution in [0.25, 0.3) is 0 Å². The highest BCUT2D eigenvalue weighted by molar-refractivity contribution is 6.01. The zero-order chi connectivity index (χ0) is 15.7. The Kier molecular flexibility index (Phi) is 3.50. The van der Waals surface area contributed by atoms with Crippen LogP contribution in [0, 0.1) is 0 Å². The van der Waals surface area contributed by atoms with E-state index in [0.29, 0.717) is 34.9 Å². The first-order chi connectivity index (χ1) is 10.6. The van der Waals surface area contributed by atoms with Crippen molar-refractivity contribution in [2.75, 3.05) is 13.7 Å². The van der Waals surface area contributed by atoms with Crippen molar-refractivity contribution < 1.29 is 14.6 Å². The molecule has 5 heteroatoms. The standard InChI is InChI=1S/C17H18N2O3/c1-3-22-15-9-8-11(21-2)10-13(15)17(20)12-6-4-5-7-14(12)19-16(17)18/h4-10,20H,3H2,1-2H3,(H2,18,19). The zero-order valence-corrected chi connectivity index (χ0v) is 12.5. The van der Waals surface area contributed by atoms with Crippen LogP contribution in [-0.4, -0.2) is 24.7 Å². The molecule has 1 unspecified atom stereocenters. The fraction of sp³-hybridized carbons (Fsp3) is 0.235. The van der Waals surface area contributed by atoms with E-state index in [1.807, 2.05) is 31.2 Å². The number of para-hydroxylation sites is 1. The van der Waals surface area contributed by atoms with Crippen LogP contribution in [-0.2, 0) is 5.60 Å². The first kappa shape index (κ1) is 14.4. The van der Waals surface area contributed by atoms with E-state index in [1.165, 1.54) is 0 Å². The van der Waals surface area contributed by atoms with Gasteiger partial charge in [0.25, 0.3) is 0 Å². The highest BCUT2D eigenvalue weighted by atomic mass is 16.5. The molecule has 3 N–H and O–H groups in total. The lowest BCUT2D eigenvalue weighted by Gasteiger charge is -2.27. The summed E-state index contributed by atoms with van der Waals surface area (Å²) in [4.78, 5) is 4.29. The quantitative estimate of drug-likeness (QED) is 0.908. The number of ether oxygens (including phenoxy) is 2. The number of hydrogen-bond acceptors (Lipinski definition) is 5. The topological polar surface area (TPSA) is 77.1 Å². The molecular formula is C17H18N2O3. The lowest BCUT2D eigenvalue weighted by atomic mass is 9.85. The van der Waals surface area contributed by atoms with Crippen molar-refractivity contribution in [3.8, 4) is 11.5 Å². The minimum absolute atomic E-state index is 0.128. The van der Waals surface area contributed by atoms with E-state index < -0.39 is 5.60 Å². The number of hydrogen-bond donors (Lipinski definition) is 2. The lowest BCUT2D eigenvalue weighted by Crippen LogP contribution is -2.40. The maximum Gasteiger partial charge on any atom is 0.178 e. The summed E-state index contributed by atoms with van der Waals surface area (Å²) in [5.74, 6) is 1.30. The molecule has 1 aliphatic rings. The monoisotopic (exact) mass is 298 g/mol. The minimum Gasteiger partial charge on any atom is -0.497 e. The smallest absolute Gasteiger partial charge is 0.178 e. The Balaban J connectivity index is 2.23. The molecule has 0 fully saturated rings. The summed E-state index contributed by atoms with van der Waals surface area (Å²) in [6.45, 7) is 2.37. The summed E-state index contributed by atoms with van der Waals surface area (Å²) in [5, 5.41) is 11.3. The third-order valence-corrected chi connectivity index (χ3v) is 3.78. The van der Waals surface area contributed by atoms with Gasteiger partial charge in [-0.15, -0.1) is 0 Å². The van der Waals surface area contributed by atoms with Crippen molar-refractivity contribution in [3.63, 3.8) is 0 Å². The predicted molar refractivity (Wildman–Crippen MR) is 84.9 cm³/mol. The molecule has 2 aromatic rings. The van der Waals surface area contributed by atoms with Crippen molar-refractivity contribution >= 4 is 11.5 Å². The highest BCUT2D eigenvalue weighted by Crippen LogP contribution is 2.45. The van der Waals surface area contributed by atoms with Gasteiger partial charge in [0.1, 0.15) is 17.3 Å². The largest absolute Gasteiger partial charge is 0.497 e. The van der Waals surface area contributed by atoms with E-state index in [9.17, 15) is 5.11 Å². The minimum atomic E-state index is -1.52. The Labute approximate surface area is 129 Å². The summed E-state index contributed by atoms with van der Waals surface area (Å²) in [5.41, 5.74) is 6.37. The fourth-order valence-corrected chi connectivity index (χ4v) is 2.71. The molecular weight excluding hydrogens is 280 g/mol. The number of amidine groups is 1. The average molecular weight is 298 g/mol. The maximum absolute atomic E-state index is 11.3. The molecule has 5 nitrogen and oxygen atoms in total. The molecule has 0 radical (unpaired) electrons. The number of fused-ring (bicyclic) bond motifs is 1. The molecule has 0 aromatic heterocycles. The van der Waals surface area contributed by atoms with Crippen molar-refractivity contribution in [1.82, 2.24) is 0 Å². The molecule has 2 aromatic carbocycles. The van der Waals surface area contributed by atoms with Crippen LogP contribution >= 0.6 is 0 Å². The molecule has 3 rings (SSSR count). The molecule has 114 valence electrons. The Morgan fingerprint density at radius 2 is 1.95 bits per heavy atom. The van der Waals surface area contributed by atoms with Gasteiger partial charge in [0, 0.05) is 11.1 Å². The molecule has 0 aliphatic carbocycles. The van der Waals surface area contributed by atoms with Crippen molar-refractivity contribution in [2.45, 2.75) is 12.5 Å². The van der Waals surface area contributed by atoms with E-state index in [1.54, 1.807) is 25.3 Å². The number of nitrogens with zero attached hydrogens (tertiary/aromatic N) is 1. The van der Waals surface area contributed by atoms with Gasteiger partial charge in [-0.25, -0.2) is 4.99 Å². The molecule has 1 aliphatic heterocycles. The first-order valence-corrected chi connectivity index (χ1v) is 7.09. The number of nitrogens with two attached hydrogens (primary N) is 1. The average Bonchev–Trinajstić information content (AvgIpc) is 2.80. The fourth-order valence-electron chi connectivity index (χ4n) is 2.71. The van der Waals surface area contributed by atoms with E-state index in [2.05, 4.69) is 4.99 Å². The number of benzene rings is 2. The lowest BCUT2D eigenvalue weighted by molar-refractivity contribution is 0.152. The highest BCUT2D eigenvalue weighted by Gasteiger charge is 2.44. The van der Waals surface area contributed by atoms with Gasteiger partial charge in [0.05, 0.1) is 19.4 Å². The molecule has 0 spiro atoms. The van der Waals surface area contributed by atoms with Gasteiger partial charge in [-0.1, -0.05) is 18.2 Å². The van der Waals surface area contributed by atoms with Crippen molar-refractivity contribution in [2.24, 2.45) is 10.7 Å². The van der Waals surface area contributed by atoms with E-state index in [-0.39, 0.29) is 5.84 Å². The third-order valence-electron chi connectivity index (χ3n) is 3.78. The molecule has 1 heterocycles. The Bertz CT molecular complexity index is 742. The second kappa shape index (κ2) is 5.35. The predicted octanol–water partition coefficient (Wildman–Crippen LogP) is 2.33. The summed E-state index contributed by atoms with van der Waals surface area (Å²) in [7, 11) is 1.57. The van der Waals surface area contributed by atoms with E-state index in [0.717, 1.165) is 0 Å². The molecule has 0 saturated carbocycles. The Hall–Kier alpha value is -2.53. The number of methoxy groups -OCH3 is 1. The molecule has 0 amide bonds. The van der Waals surface area contributed by atoms with Gasteiger partial charge < -0.3 is 20.3 Å². The van der Waals surface area contributed by atoms with Crippen molar-refractivity contribution in [1.29, 1.82) is 0 Å².